The van der Waals surface area contributed by atoms with Gasteiger partial charge in [0.25, 0.3) is 0 Å². The number of hydrogen-bond acceptors (Lipinski definition) is 3. The van der Waals surface area contributed by atoms with Crippen molar-refractivity contribution < 1.29 is 4.74 Å². The average Bonchev–Trinajstić information content (AvgIpc) is 2.68. The molecule has 0 amide bonds. The molecular weight excluding hydrogens is 262 g/mol. The van der Waals surface area contributed by atoms with Crippen molar-refractivity contribution in [1.82, 2.24) is 9.55 Å². The number of nitrogens with zero attached hydrogens (tertiary/aromatic N) is 2. The molecule has 5 heteroatoms. The molecule has 0 aliphatic rings. The molecule has 0 aliphatic heterocycles. The Morgan fingerprint density at radius 1 is 1.42 bits per heavy atom. The number of hydrogen-bond donors (Lipinski definition) is 1. The normalized spacial score (nSPS) is 13.3. The summed E-state index contributed by atoms with van der Waals surface area (Å²) in [5, 5.41) is 0.670. The van der Waals surface area contributed by atoms with Crippen LogP contribution in [0.2, 0.25) is 5.02 Å². The van der Waals surface area contributed by atoms with Crippen LogP contribution in [0.1, 0.15) is 26.8 Å². The number of halogens is 1. The molecule has 0 saturated carbocycles. The van der Waals surface area contributed by atoms with Crippen LogP contribution in [0, 0.1) is 5.92 Å². The summed E-state index contributed by atoms with van der Waals surface area (Å²) in [4.78, 5) is 4.39. The summed E-state index contributed by atoms with van der Waals surface area (Å²) >= 11 is 6.30. The molecule has 0 fully saturated rings. The first-order chi connectivity index (χ1) is 9.06. The third-order valence-electron chi connectivity index (χ3n) is 3.28. The third kappa shape index (κ3) is 2.69. The predicted molar refractivity (Wildman–Crippen MR) is 79.5 cm³/mol. The second-order valence-electron chi connectivity index (χ2n) is 4.92. The van der Waals surface area contributed by atoms with Crippen molar-refractivity contribution in [3.63, 3.8) is 0 Å². The Balaban J connectivity index is 2.55. The van der Waals surface area contributed by atoms with Crippen molar-refractivity contribution in [3.05, 3.63) is 23.2 Å². The summed E-state index contributed by atoms with van der Waals surface area (Å²) in [6.07, 6.45) is 0. The van der Waals surface area contributed by atoms with E-state index >= 15 is 0 Å². The van der Waals surface area contributed by atoms with Crippen molar-refractivity contribution in [1.29, 1.82) is 0 Å². The quantitative estimate of drug-likeness (QED) is 0.912. The Morgan fingerprint density at radius 3 is 2.79 bits per heavy atom. The highest BCUT2D eigenvalue weighted by Crippen LogP contribution is 2.31. The van der Waals surface area contributed by atoms with E-state index < -0.39 is 0 Å². The zero-order valence-corrected chi connectivity index (χ0v) is 12.3. The van der Waals surface area contributed by atoms with Gasteiger partial charge in [-0.1, -0.05) is 31.5 Å². The first-order valence-electron chi connectivity index (χ1n) is 6.56. The van der Waals surface area contributed by atoms with Gasteiger partial charge >= 0.3 is 0 Å². The molecule has 104 valence electrons. The minimum atomic E-state index is 0.129. The standard InChI is InChI=1S/C14H20ClN3O/c1-4-19-8-12(9(2)3)18-13-10(15)6-5-7-11(13)17-14(18)16/h5-7,9,12H,4,8H2,1-3H3,(H2,16,17). The summed E-state index contributed by atoms with van der Waals surface area (Å²) in [5.41, 5.74) is 7.79. The minimum absolute atomic E-state index is 0.129. The summed E-state index contributed by atoms with van der Waals surface area (Å²) in [6.45, 7) is 7.57. The highest BCUT2D eigenvalue weighted by Gasteiger charge is 2.22. The number of imidazole rings is 1. The molecule has 4 nitrogen and oxygen atoms in total. The van der Waals surface area contributed by atoms with Crippen LogP contribution < -0.4 is 5.73 Å². The fourth-order valence-corrected chi connectivity index (χ4v) is 2.52. The molecule has 0 spiro atoms. The van der Waals surface area contributed by atoms with Crippen LogP contribution in [0.3, 0.4) is 0 Å². The number of fused-ring (bicyclic) bond motifs is 1. The zero-order valence-electron chi connectivity index (χ0n) is 11.6. The summed E-state index contributed by atoms with van der Waals surface area (Å²) < 4.78 is 7.58. The average molecular weight is 282 g/mol. The number of ether oxygens (including phenoxy) is 1. The van der Waals surface area contributed by atoms with Gasteiger partial charge < -0.3 is 15.0 Å². The van der Waals surface area contributed by atoms with Gasteiger partial charge in [-0.2, -0.15) is 0 Å². The molecule has 2 N–H and O–H groups in total. The number of para-hydroxylation sites is 1. The Hall–Kier alpha value is -1.26. The zero-order chi connectivity index (χ0) is 14.0. The van der Waals surface area contributed by atoms with E-state index in [0.717, 1.165) is 11.0 Å². The molecule has 1 unspecified atom stereocenters. The van der Waals surface area contributed by atoms with Crippen LogP contribution in [0.4, 0.5) is 5.95 Å². The van der Waals surface area contributed by atoms with E-state index in [2.05, 4.69) is 18.8 Å². The molecule has 1 aromatic carbocycles. The lowest BCUT2D eigenvalue weighted by Gasteiger charge is -2.24. The van der Waals surface area contributed by atoms with Crippen molar-refractivity contribution in [3.8, 4) is 0 Å². The van der Waals surface area contributed by atoms with E-state index in [0.29, 0.717) is 30.1 Å². The van der Waals surface area contributed by atoms with Crippen LogP contribution in [0.25, 0.3) is 11.0 Å². The van der Waals surface area contributed by atoms with Gasteiger partial charge in [0.05, 0.1) is 28.7 Å². The smallest absolute Gasteiger partial charge is 0.201 e. The molecule has 2 rings (SSSR count). The Labute approximate surface area is 118 Å². The van der Waals surface area contributed by atoms with E-state index in [-0.39, 0.29) is 6.04 Å². The number of nitrogen functional groups attached to an aromatic ring is 1. The maximum Gasteiger partial charge on any atom is 0.201 e. The predicted octanol–water partition coefficient (Wildman–Crippen LogP) is 3.51. The lowest BCUT2D eigenvalue weighted by Crippen LogP contribution is -2.22. The number of benzene rings is 1. The first-order valence-corrected chi connectivity index (χ1v) is 6.93. The maximum atomic E-state index is 6.30. The van der Waals surface area contributed by atoms with Crippen molar-refractivity contribution in [2.24, 2.45) is 5.92 Å². The molecule has 1 heterocycles. The molecule has 0 bridgehead atoms. The molecule has 0 saturated heterocycles. The van der Waals surface area contributed by atoms with Crippen LogP contribution in [0.5, 0.6) is 0 Å². The van der Waals surface area contributed by atoms with Gasteiger partial charge in [-0.15, -0.1) is 0 Å². The molecular formula is C14H20ClN3O. The van der Waals surface area contributed by atoms with Crippen molar-refractivity contribution in [2.45, 2.75) is 26.8 Å². The van der Waals surface area contributed by atoms with Crippen LogP contribution in [-0.4, -0.2) is 22.8 Å². The summed E-state index contributed by atoms with van der Waals surface area (Å²) in [6, 6.07) is 5.80. The fraction of sp³-hybridized carbons (Fsp3) is 0.500. The first kappa shape index (κ1) is 14.2. The number of nitrogens with two attached hydrogens (primary N) is 1. The molecule has 1 aromatic heterocycles. The SMILES string of the molecule is CCOCC(C(C)C)n1c(N)nc2cccc(Cl)c21. The highest BCUT2D eigenvalue weighted by molar-refractivity contribution is 6.35. The van der Waals surface area contributed by atoms with Gasteiger partial charge in [0.1, 0.15) is 0 Å². The summed E-state index contributed by atoms with van der Waals surface area (Å²) in [5.74, 6) is 0.865. The largest absolute Gasteiger partial charge is 0.380 e. The van der Waals surface area contributed by atoms with Crippen LogP contribution >= 0.6 is 11.6 Å². The van der Waals surface area contributed by atoms with Gasteiger partial charge in [0.2, 0.25) is 5.95 Å². The van der Waals surface area contributed by atoms with E-state index in [1.54, 1.807) is 0 Å². The summed E-state index contributed by atoms with van der Waals surface area (Å²) in [7, 11) is 0. The maximum absolute atomic E-state index is 6.30. The van der Waals surface area contributed by atoms with Gasteiger partial charge in [-0.05, 0) is 25.0 Å². The minimum Gasteiger partial charge on any atom is -0.380 e. The van der Waals surface area contributed by atoms with Gasteiger partial charge in [0, 0.05) is 6.61 Å². The molecule has 0 radical (unpaired) electrons. The lowest BCUT2D eigenvalue weighted by atomic mass is 10.0. The van der Waals surface area contributed by atoms with E-state index in [1.165, 1.54) is 0 Å². The number of anilines is 1. The highest BCUT2D eigenvalue weighted by atomic mass is 35.5. The van der Waals surface area contributed by atoms with Crippen molar-refractivity contribution >= 4 is 28.6 Å². The van der Waals surface area contributed by atoms with Crippen molar-refractivity contribution in [2.75, 3.05) is 18.9 Å². The van der Waals surface area contributed by atoms with E-state index in [4.69, 9.17) is 22.1 Å². The van der Waals surface area contributed by atoms with Gasteiger partial charge in [-0.3, -0.25) is 0 Å². The topological polar surface area (TPSA) is 53.1 Å². The Bertz CT molecular complexity index is 565. The Morgan fingerprint density at radius 2 is 2.16 bits per heavy atom. The van der Waals surface area contributed by atoms with Gasteiger partial charge in [0.15, 0.2) is 0 Å². The second kappa shape index (κ2) is 5.80. The lowest BCUT2D eigenvalue weighted by molar-refractivity contribution is 0.0987. The monoisotopic (exact) mass is 281 g/mol. The molecule has 2 aromatic rings. The van der Waals surface area contributed by atoms with Crippen LogP contribution in [-0.2, 0) is 4.74 Å². The Kier molecular flexibility index (Phi) is 4.32. The van der Waals surface area contributed by atoms with Gasteiger partial charge in [-0.25, -0.2) is 4.98 Å². The molecule has 1 atom stereocenters. The molecule has 19 heavy (non-hydrogen) atoms. The van der Waals surface area contributed by atoms with E-state index in [1.807, 2.05) is 29.7 Å². The fourth-order valence-electron chi connectivity index (χ4n) is 2.26. The molecule has 0 aliphatic carbocycles. The number of aromatic nitrogens is 2. The third-order valence-corrected chi connectivity index (χ3v) is 3.59. The van der Waals surface area contributed by atoms with E-state index in [9.17, 15) is 0 Å². The second-order valence-corrected chi connectivity index (χ2v) is 5.33. The van der Waals surface area contributed by atoms with Crippen LogP contribution in [0.15, 0.2) is 18.2 Å². The number of rotatable bonds is 5.